The number of aryl methyl sites for hydroxylation is 6. The van der Waals surface area contributed by atoms with E-state index < -0.39 is 0 Å². The molecule has 0 radical (unpaired) electrons. The van der Waals surface area contributed by atoms with Crippen LogP contribution in [0.3, 0.4) is 0 Å². The largest absolute Gasteiger partial charge is 0.216 e. The molecule has 0 saturated carbocycles. The summed E-state index contributed by atoms with van der Waals surface area (Å²) >= 11 is 0. The normalized spacial score (nSPS) is 21.6. The standard InChI is InChI=1S/C35H52N.C28H40N.C27H38N.C21H26N.C19H22N/c1-21-19-22-25(32(6,7)17-15-30(22,2)3)27-24(21)29-28(35(12,13)34(27,10)11)26-23(20-36(29)14)31(4,5)16-18-33(26,8)9;1-18-13-11-12-14-19(18)23-21-20(25(2,3)15-16-26(21,4)5)22-24(29(23)10)28(8,9)17-27(22,6)7;1-17-13-11-12-14-18(17)22-20-19(24(2,3)15-25(20,4)5)21-23(28(22)10)27(8,9)16-26(21,6)7;1-15-16-9-3-4-10-17(16)18-11-5-6-12-19(18)21(15)20-13-7-8-14-22(20)2;1-13-14-7-5-8-15(14)16-9-6-10-17(16)19(13)18-11-3-4-12-20(18)2/h19-20H,15-18H2,1-14H3;11-14H,15-17H2,1-10H3;11-14H,15-16H2,1-10H3;7-8,13-14H,3-6,9-12H2,1-2H3;3-4,11-12H,5-10H2,1-2H3/q5*+1. The van der Waals surface area contributed by atoms with Crippen molar-refractivity contribution in [3.8, 4) is 56.3 Å². The zero-order valence-electron chi connectivity index (χ0n) is 92.4. The van der Waals surface area contributed by atoms with Crippen LogP contribution in [-0.2, 0) is 162 Å². The second-order valence-corrected chi connectivity index (χ2v) is 54.2. The molecule has 5 heteroatoms. The van der Waals surface area contributed by atoms with Crippen LogP contribution >= 0.6 is 0 Å². The van der Waals surface area contributed by atoms with Crippen LogP contribution in [0.1, 0.15) is 441 Å². The van der Waals surface area contributed by atoms with Crippen molar-refractivity contribution in [2.24, 2.45) is 35.2 Å². The van der Waals surface area contributed by atoms with Gasteiger partial charge in [-0.1, -0.05) is 209 Å². The van der Waals surface area contributed by atoms with Crippen molar-refractivity contribution in [2.75, 3.05) is 0 Å². The van der Waals surface area contributed by atoms with Crippen molar-refractivity contribution in [1.29, 1.82) is 0 Å². The average molecular weight is 1810 g/mol. The molecule has 0 spiro atoms. The lowest BCUT2D eigenvalue weighted by Gasteiger charge is -2.54. The van der Waals surface area contributed by atoms with Gasteiger partial charge in [-0.3, -0.25) is 0 Å². The molecule has 0 bridgehead atoms. The molecular formula is C130H178N5+5. The second-order valence-electron chi connectivity index (χ2n) is 54.2. The number of nitrogens with zero attached hydrogens (tertiary/aromatic N) is 5. The molecule has 10 aromatic rings. The van der Waals surface area contributed by atoms with Crippen molar-refractivity contribution < 1.29 is 22.8 Å². The summed E-state index contributed by atoms with van der Waals surface area (Å²) in [4.78, 5) is 0. The summed E-state index contributed by atoms with van der Waals surface area (Å²) in [5.74, 6) is 0. The number of pyridine rings is 5. The summed E-state index contributed by atoms with van der Waals surface area (Å²) in [5.41, 5.74) is 60.5. The predicted octanol–water partition coefficient (Wildman–Crippen LogP) is 29.7. The Balaban J connectivity index is 0.000000119. The van der Waals surface area contributed by atoms with Gasteiger partial charge < -0.3 is 0 Å². The van der Waals surface area contributed by atoms with Crippen LogP contribution in [0.15, 0.2) is 110 Å². The minimum atomic E-state index is 0.00234. The Morgan fingerprint density at radius 2 is 0.548 bits per heavy atom. The molecule has 0 saturated heterocycles. The van der Waals surface area contributed by atoms with E-state index in [2.05, 4.69) is 396 Å². The number of hydrogen-bond donors (Lipinski definition) is 0. The third-order valence-electron chi connectivity index (χ3n) is 38.0. The minimum Gasteiger partial charge on any atom is -0.201 e. The van der Waals surface area contributed by atoms with Crippen molar-refractivity contribution >= 4 is 0 Å². The summed E-state index contributed by atoms with van der Waals surface area (Å²) in [7, 11) is 11.3. The van der Waals surface area contributed by atoms with E-state index in [4.69, 9.17) is 0 Å². The van der Waals surface area contributed by atoms with Gasteiger partial charge in [0.15, 0.2) is 30.0 Å². The Morgan fingerprint density at radius 3 is 0.985 bits per heavy atom. The topological polar surface area (TPSA) is 19.4 Å². The average Bonchev–Trinajstić information content (AvgIpc) is 1.57. The van der Waals surface area contributed by atoms with Gasteiger partial charge in [-0.15, -0.1) is 0 Å². The highest BCUT2D eigenvalue weighted by molar-refractivity contribution is 5.82. The van der Waals surface area contributed by atoms with E-state index in [0.29, 0.717) is 0 Å². The number of benzene rings is 5. The molecule has 11 aliphatic rings. The van der Waals surface area contributed by atoms with Gasteiger partial charge in [0.25, 0.3) is 0 Å². The van der Waals surface area contributed by atoms with Crippen molar-refractivity contribution in [3.05, 3.63) is 260 Å². The van der Waals surface area contributed by atoms with Crippen molar-refractivity contribution in [2.45, 2.75) is 452 Å². The van der Waals surface area contributed by atoms with E-state index in [1.54, 1.807) is 145 Å². The third-order valence-corrected chi connectivity index (χ3v) is 38.0. The van der Waals surface area contributed by atoms with Gasteiger partial charge in [0.05, 0.1) is 27.5 Å². The van der Waals surface area contributed by atoms with Crippen LogP contribution in [0.4, 0.5) is 0 Å². The molecule has 0 atom stereocenters. The summed E-state index contributed by atoms with van der Waals surface area (Å²) < 4.78 is 12.3. The predicted molar refractivity (Wildman–Crippen MR) is 570 cm³/mol. The van der Waals surface area contributed by atoms with Crippen LogP contribution in [0.25, 0.3) is 56.3 Å². The number of aromatic nitrogens is 5. The fourth-order valence-corrected chi connectivity index (χ4v) is 31.5. The first-order valence-corrected chi connectivity index (χ1v) is 53.5. The molecule has 718 valence electrons. The Hall–Kier alpha value is -8.15. The van der Waals surface area contributed by atoms with Crippen molar-refractivity contribution in [3.63, 3.8) is 0 Å². The summed E-state index contributed by atoms with van der Waals surface area (Å²) in [6.45, 7) is 81.3. The van der Waals surface area contributed by atoms with Crippen LogP contribution in [0, 0.1) is 34.6 Å². The first kappa shape index (κ1) is 98.5. The lowest BCUT2D eigenvalue weighted by atomic mass is 9.48. The number of fused-ring (bicyclic) bond motifs is 19. The monoisotopic (exact) mass is 1810 g/mol. The summed E-state index contributed by atoms with van der Waals surface area (Å²) in [6.07, 6.45) is 36.6. The fraction of sp³-hybridized carbons (Fsp3) is 0.577. The van der Waals surface area contributed by atoms with Crippen LogP contribution < -0.4 is 22.8 Å². The van der Waals surface area contributed by atoms with Crippen LogP contribution in [0.5, 0.6) is 0 Å². The molecule has 0 fully saturated rings. The molecule has 0 aliphatic heterocycles. The first-order valence-electron chi connectivity index (χ1n) is 53.5. The molecular weight excluding hydrogens is 1630 g/mol. The minimum absolute atomic E-state index is 0.00234. The van der Waals surface area contributed by atoms with E-state index in [1.807, 2.05) is 0 Å². The Kier molecular flexibility index (Phi) is 24.3. The second kappa shape index (κ2) is 33.3. The van der Waals surface area contributed by atoms with E-state index in [-0.39, 0.29) is 75.8 Å². The van der Waals surface area contributed by atoms with Gasteiger partial charge in [-0.05, 0) is 394 Å². The summed E-state index contributed by atoms with van der Waals surface area (Å²) in [5, 5.41) is 0. The van der Waals surface area contributed by atoms with Gasteiger partial charge in [0.2, 0.25) is 28.5 Å². The highest BCUT2D eigenvalue weighted by atomic mass is 15.0. The maximum Gasteiger partial charge on any atom is 0.216 e. The molecule has 21 rings (SSSR count). The Morgan fingerprint density at radius 1 is 0.237 bits per heavy atom. The first-order chi connectivity index (χ1) is 62.6. The van der Waals surface area contributed by atoms with Gasteiger partial charge >= 0.3 is 0 Å². The Labute approximate surface area is 820 Å². The van der Waals surface area contributed by atoms with E-state index in [0.717, 1.165) is 0 Å². The molecule has 5 nitrogen and oxygen atoms in total. The lowest BCUT2D eigenvalue weighted by molar-refractivity contribution is -0.672. The molecule has 135 heavy (non-hydrogen) atoms. The van der Waals surface area contributed by atoms with Gasteiger partial charge in [-0.25, -0.2) is 13.7 Å². The molecule has 5 aromatic carbocycles. The maximum absolute atomic E-state index is 2.59. The zero-order valence-corrected chi connectivity index (χ0v) is 92.4. The van der Waals surface area contributed by atoms with Gasteiger partial charge in [-0.2, -0.15) is 9.13 Å². The van der Waals surface area contributed by atoms with E-state index >= 15 is 0 Å². The molecule has 5 aromatic heterocycles. The molecule has 0 unspecified atom stereocenters. The van der Waals surface area contributed by atoms with Gasteiger partial charge in [0.1, 0.15) is 35.2 Å². The SMILES string of the molecule is Cc1c2c(c3c(c1-c1cccc[n+]1C)CCC3)CCC2.Cc1c2c(c3c(c1-c1cccc[n+]1C)CCCC3)CCCC2.Cc1cc2c(c3c1-c1c(c4c(c[n+]1C)C(C)(C)CCC4(C)C)C(C)(C)C3(C)C)C(C)(C)CCC2(C)C.Cc1ccccc1-c1c2c(c3c([n+]1C)C(C)(C)CC3(C)C)C(C)(C)CC2(C)C.Cc1ccccc1-c1c2c(c3c([n+]1C)C(C)(C)CC3(C)C)C(C)(C)CCC2(C)C. The molecule has 11 aliphatic carbocycles. The molecule has 0 amide bonds. The third kappa shape index (κ3) is 15.8. The molecule has 0 N–H and O–H groups in total. The number of hydrogen-bond acceptors (Lipinski definition) is 0. The van der Waals surface area contributed by atoms with Crippen LogP contribution in [-0.4, -0.2) is 0 Å². The zero-order chi connectivity index (χ0) is 98.2. The van der Waals surface area contributed by atoms with Crippen molar-refractivity contribution in [1.82, 2.24) is 0 Å². The quantitative estimate of drug-likeness (QED) is 0.157. The summed E-state index contributed by atoms with van der Waals surface area (Å²) in [6, 6.07) is 33.7. The smallest absolute Gasteiger partial charge is 0.201 e. The van der Waals surface area contributed by atoms with E-state index in [9.17, 15) is 0 Å². The highest BCUT2D eigenvalue weighted by Gasteiger charge is 2.62. The van der Waals surface area contributed by atoms with E-state index in [1.165, 1.54) is 210 Å². The number of rotatable bonds is 4. The van der Waals surface area contributed by atoms with Gasteiger partial charge in [0, 0.05) is 79.6 Å². The Bertz CT molecular complexity index is 6400. The highest BCUT2D eigenvalue weighted by Crippen LogP contribution is 2.66. The molecule has 5 heterocycles. The maximum atomic E-state index is 2.59. The fourth-order valence-electron chi connectivity index (χ4n) is 31.5. The van der Waals surface area contributed by atoms with Crippen LogP contribution in [0.2, 0.25) is 0 Å². The lowest BCUT2D eigenvalue weighted by Crippen LogP contribution is -2.53.